The number of carbonyl (C=O) groups is 1. The van der Waals surface area contributed by atoms with Gasteiger partial charge in [0, 0.05) is 5.38 Å². The predicted octanol–water partition coefficient (Wildman–Crippen LogP) is -0.293. The highest BCUT2D eigenvalue weighted by molar-refractivity contribution is 7.10. The molecular weight excluding hydrogens is 229 g/mol. The van der Waals surface area contributed by atoms with Gasteiger partial charge < -0.3 is 14.8 Å². The summed E-state index contributed by atoms with van der Waals surface area (Å²) in [5.41, 5.74) is -0.364. The number of esters is 1. The molecule has 0 saturated carbocycles. The first kappa shape index (κ1) is 13.2. The highest BCUT2D eigenvalue weighted by atomic mass is 32.1. The van der Waals surface area contributed by atoms with Crippen LogP contribution in [0.4, 0.5) is 0 Å². The van der Waals surface area contributed by atoms with Crippen LogP contribution in [0, 0.1) is 0 Å². The molecule has 0 amide bonds. The largest absolute Gasteiger partial charge is 0.509 e. The van der Waals surface area contributed by atoms with E-state index in [4.69, 9.17) is 14.8 Å². The second-order valence-corrected chi connectivity index (χ2v) is 5.25. The normalized spacial score (nSPS) is 11.3. The minimum atomic E-state index is -1.59. The quantitative estimate of drug-likeness (QED) is 0.563. The number of nitrogens with zero attached hydrogens (tertiary/aromatic N) is 1. The summed E-state index contributed by atoms with van der Waals surface area (Å²) in [7, 11) is -1.59. The van der Waals surface area contributed by atoms with Gasteiger partial charge in [0.25, 0.3) is 0 Å². The van der Waals surface area contributed by atoms with Crippen LogP contribution in [0.2, 0.25) is 0 Å². The Hall–Kier alpha value is -0.915. The molecule has 88 valence electrons. The lowest BCUT2D eigenvalue weighted by molar-refractivity contribution is -0.153. The zero-order valence-corrected chi connectivity index (χ0v) is 10.2. The van der Waals surface area contributed by atoms with Crippen LogP contribution in [0.1, 0.15) is 25.8 Å². The summed E-state index contributed by atoms with van der Waals surface area (Å²) in [6, 6.07) is 0. The summed E-state index contributed by atoms with van der Waals surface area (Å²) in [6.45, 7) is 5.36. The van der Waals surface area contributed by atoms with Crippen molar-refractivity contribution in [3.05, 3.63) is 10.4 Å². The molecule has 16 heavy (non-hydrogen) atoms. The van der Waals surface area contributed by atoms with Crippen LogP contribution in [0.25, 0.3) is 0 Å². The van der Waals surface area contributed by atoms with E-state index in [1.807, 2.05) is 0 Å². The molecule has 0 unspecified atom stereocenters. The van der Waals surface area contributed by atoms with Crippen LogP contribution < -0.4 is 5.59 Å². The summed E-state index contributed by atoms with van der Waals surface area (Å²) in [5.74, 6) is -0.374. The Labute approximate surface area is 98.2 Å². The minimum absolute atomic E-state index is 0.0503. The Balaban J connectivity index is 2.57. The zero-order valence-electron chi connectivity index (χ0n) is 9.43. The summed E-state index contributed by atoms with van der Waals surface area (Å²) in [6.07, 6.45) is 0.0503. The van der Waals surface area contributed by atoms with Crippen molar-refractivity contribution in [3.8, 4) is 0 Å². The molecular formula is C9H14BNO4S. The van der Waals surface area contributed by atoms with Crippen molar-refractivity contribution < 1.29 is 19.6 Å². The van der Waals surface area contributed by atoms with E-state index >= 15 is 0 Å². The van der Waals surface area contributed by atoms with Crippen molar-refractivity contribution in [2.75, 3.05) is 0 Å². The van der Waals surface area contributed by atoms with Crippen LogP contribution in [-0.4, -0.2) is 33.7 Å². The Kier molecular flexibility index (Phi) is 4.06. The van der Waals surface area contributed by atoms with Crippen molar-refractivity contribution in [2.45, 2.75) is 32.8 Å². The lowest BCUT2D eigenvalue weighted by Gasteiger charge is -2.18. The van der Waals surface area contributed by atoms with Crippen LogP contribution >= 0.6 is 11.3 Å². The molecule has 1 heterocycles. The van der Waals surface area contributed by atoms with Gasteiger partial charge in [0.15, 0.2) is 0 Å². The van der Waals surface area contributed by atoms with Gasteiger partial charge in [-0.1, -0.05) is 0 Å². The lowest BCUT2D eigenvalue weighted by atomic mass is 9.88. The summed E-state index contributed by atoms with van der Waals surface area (Å²) in [5, 5.41) is 19.7. The Bertz CT molecular complexity index is 372. The number of hydrogen-bond donors (Lipinski definition) is 2. The van der Waals surface area contributed by atoms with Gasteiger partial charge >= 0.3 is 13.1 Å². The van der Waals surface area contributed by atoms with E-state index in [9.17, 15) is 4.79 Å². The molecule has 0 bridgehead atoms. The van der Waals surface area contributed by atoms with Gasteiger partial charge in [-0.25, -0.2) is 4.98 Å². The highest BCUT2D eigenvalue weighted by Gasteiger charge is 2.20. The number of ether oxygens (including phenoxy) is 1. The standard InChI is InChI=1S/C9H14BNO4S/c1-9(2,3)15-8(12)4-7-11-6(5-16-7)10(13)14/h5,13-14H,4H2,1-3H3. The van der Waals surface area contributed by atoms with Crippen LogP contribution in [0.5, 0.6) is 0 Å². The lowest BCUT2D eigenvalue weighted by Crippen LogP contribution is -2.31. The molecule has 7 heteroatoms. The molecule has 2 N–H and O–H groups in total. The van der Waals surface area contributed by atoms with E-state index in [1.165, 1.54) is 16.7 Å². The maximum atomic E-state index is 11.4. The smallest absolute Gasteiger partial charge is 0.460 e. The third-order valence-electron chi connectivity index (χ3n) is 1.55. The number of hydrogen-bond acceptors (Lipinski definition) is 6. The minimum Gasteiger partial charge on any atom is -0.460 e. The maximum Gasteiger partial charge on any atom is 0.509 e. The van der Waals surface area contributed by atoms with E-state index in [0.29, 0.717) is 5.01 Å². The van der Waals surface area contributed by atoms with Crippen molar-refractivity contribution in [2.24, 2.45) is 0 Å². The van der Waals surface area contributed by atoms with Gasteiger partial charge in [-0.2, -0.15) is 0 Å². The monoisotopic (exact) mass is 243 g/mol. The Morgan fingerprint density at radius 1 is 1.56 bits per heavy atom. The first-order valence-electron chi connectivity index (χ1n) is 4.80. The Morgan fingerprint density at radius 3 is 2.62 bits per heavy atom. The Morgan fingerprint density at radius 2 is 2.19 bits per heavy atom. The molecule has 0 aliphatic rings. The van der Waals surface area contributed by atoms with Crippen LogP contribution in [0.3, 0.4) is 0 Å². The number of rotatable bonds is 3. The third-order valence-corrected chi connectivity index (χ3v) is 2.42. The van der Waals surface area contributed by atoms with Gasteiger partial charge in [0.05, 0.1) is 12.0 Å². The first-order valence-corrected chi connectivity index (χ1v) is 5.68. The maximum absolute atomic E-state index is 11.4. The highest BCUT2D eigenvalue weighted by Crippen LogP contribution is 2.11. The summed E-state index contributed by atoms with van der Waals surface area (Å²) >= 11 is 1.20. The molecule has 0 radical (unpaired) electrons. The van der Waals surface area contributed by atoms with E-state index in [2.05, 4.69) is 4.98 Å². The molecule has 0 spiro atoms. The average molecular weight is 243 g/mol. The molecule has 1 aromatic rings. The fourth-order valence-corrected chi connectivity index (χ4v) is 1.82. The van der Waals surface area contributed by atoms with E-state index in [-0.39, 0.29) is 18.0 Å². The number of thiazole rings is 1. The van der Waals surface area contributed by atoms with Crippen molar-refractivity contribution in [1.82, 2.24) is 4.98 Å². The van der Waals surface area contributed by atoms with Crippen LogP contribution in [0.15, 0.2) is 5.38 Å². The van der Waals surface area contributed by atoms with E-state index < -0.39 is 12.7 Å². The molecule has 0 saturated heterocycles. The third kappa shape index (κ3) is 4.30. The molecule has 1 rings (SSSR count). The molecule has 0 fully saturated rings. The zero-order chi connectivity index (χ0) is 12.3. The molecule has 1 aromatic heterocycles. The van der Waals surface area contributed by atoms with E-state index in [1.54, 1.807) is 20.8 Å². The fourth-order valence-electron chi connectivity index (χ4n) is 1.03. The number of carbonyl (C=O) groups excluding carboxylic acids is 1. The van der Waals surface area contributed by atoms with Gasteiger partial charge in [-0.3, -0.25) is 4.79 Å². The second-order valence-electron chi connectivity index (χ2n) is 4.30. The SMILES string of the molecule is CC(C)(C)OC(=O)Cc1nc(B(O)O)cs1. The average Bonchev–Trinajstić information content (AvgIpc) is 2.48. The van der Waals surface area contributed by atoms with Crippen LogP contribution in [-0.2, 0) is 16.0 Å². The molecule has 5 nitrogen and oxygen atoms in total. The summed E-state index contributed by atoms with van der Waals surface area (Å²) in [4.78, 5) is 15.3. The van der Waals surface area contributed by atoms with Gasteiger partial charge in [-0.05, 0) is 20.8 Å². The van der Waals surface area contributed by atoms with Gasteiger partial charge in [0.1, 0.15) is 10.6 Å². The second kappa shape index (κ2) is 4.94. The predicted molar refractivity (Wildman–Crippen MR) is 61.5 cm³/mol. The van der Waals surface area contributed by atoms with Crippen molar-refractivity contribution >= 4 is 30.0 Å². The van der Waals surface area contributed by atoms with Crippen molar-refractivity contribution in [3.63, 3.8) is 0 Å². The van der Waals surface area contributed by atoms with Gasteiger partial charge in [-0.15, -0.1) is 11.3 Å². The molecule has 0 aliphatic carbocycles. The molecule has 0 aliphatic heterocycles. The van der Waals surface area contributed by atoms with Crippen molar-refractivity contribution in [1.29, 1.82) is 0 Å². The molecule has 0 atom stereocenters. The first-order chi connectivity index (χ1) is 7.28. The van der Waals surface area contributed by atoms with E-state index in [0.717, 1.165) is 0 Å². The summed E-state index contributed by atoms with van der Waals surface area (Å²) < 4.78 is 5.11. The topological polar surface area (TPSA) is 79.7 Å². The molecule has 0 aromatic carbocycles. The van der Waals surface area contributed by atoms with Gasteiger partial charge in [0.2, 0.25) is 0 Å². The number of aromatic nitrogens is 1. The fraction of sp³-hybridized carbons (Fsp3) is 0.556.